The maximum atomic E-state index is 5.84. The zero-order valence-corrected chi connectivity index (χ0v) is 16.7. The lowest BCUT2D eigenvalue weighted by Gasteiger charge is -2.27. The molecule has 4 rings (SSSR count). The lowest BCUT2D eigenvalue weighted by molar-refractivity contribution is 0.393. The summed E-state index contributed by atoms with van der Waals surface area (Å²) < 4.78 is 5.43. The molecule has 6 nitrogen and oxygen atoms in total. The lowest BCUT2D eigenvalue weighted by Crippen LogP contribution is -2.29. The highest BCUT2D eigenvalue weighted by Gasteiger charge is 2.41. The molecular weight excluding hydrogens is 338 g/mol. The molecule has 2 N–H and O–H groups in total. The molecule has 1 aromatic heterocycles. The van der Waals surface area contributed by atoms with Gasteiger partial charge >= 0.3 is 0 Å². The second kappa shape index (κ2) is 6.51. The third kappa shape index (κ3) is 2.83. The standard InChI is InChI=1S/C21H27N5O/c1-11(10-22)19(23-4)16-8-15(18-12(2)25-27-13(18)3)9-17-20(16)26(5)21(24-17)14-6-7-14/h8,10,14,17H,6-7,9,22H2,1-5H3. The molecule has 3 aliphatic rings. The number of aryl methyl sites for hydroxylation is 2. The van der Waals surface area contributed by atoms with Gasteiger partial charge in [0.15, 0.2) is 0 Å². The highest BCUT2D eigenvalue weighted by atomic mass is 16.5. The van der Waals surface area contributed by atoms with E-state index in [2.05, 4.69) is 28.2 Å². The summed E-state index contributed by atoms with van der Waals surface area (Å²) >= 11 is 0. The fourth-order valence-electron chi connectivity index (χ4n) is 4.29. The molecule has 1 atom stereocenters. The van der Waals surface area contributed by atoms with Crippen molar-refractivity contribution in [3.8, 4) is 0 Å². The number of allylic oxidation sites excluding steroid dienone is 3. The van der Waals surface area contributed by atoms with Crippen LogP contribution in [0.3, 0.4) is 0 Å². The molecule has 142 valence electrons. The van der Waals surface area contributed by atoms with Crippen molar-refractivity contribution in [3.63, 3.8) is 0 Å². The number of hydrogen-bond acceptors (Lipinski definition) is 6. The third-order valence-electron chi connectivity index (χ3n) is 5.72. The number of aliphatic imine (C=N–C) groups is 2. The van der Waals surface area contributed by atoms with Gasteiger partial charge < -0.3 is 15.2 Å². The van der Waals surface area contributed by atoms with Crippen LogP contribution in [0.4, 0.5) is 0 Å². The second-order valence-electron chi connectivity index (χ2n) is 7.63. The third-order valence-corrected chi connectivity index (χ3v) is 5.72. The molecule has 1 fully saturated rings. The average Bonchev–Trinajstić information content (AvgIpc) is 3.37. The van der Waals surface area contributed by atoms with Crippen LogP contribution in [0.15, 0.2) is 43.6 Å². The molecule has 0 aromatic carbocycles. The Morgan fingerprint density at radius 3 is 2.67 bits per heavy atom. The summed E-state index contributed by atoms with van der Waals surface area (Å²) in [7, 11) is 3.95. The zero-order chi connectivity index (χ0) is 19.3. The van der Waals surface area contributed by atoms with Gasteiger partial charge in [-0.05, 0) is 57.0 Å². The van der Waals surface area contributed by atoms with Gasteiger partial charge in [-0.1, -0.05) is 5.16 Å². The van der Waals surface area contributed by atoms with E-state index < -0.39 is 0 Å². The number of rotatable bonds is 4. The van der Waals surface area contributed by atoms with E-state index in [9.17, 15) is 0 Å². The maximum absolute atomic E-state index is 5.84. The van der Waals surface area contributed by atoms with E-state index in [-0.39, 0.29) is 6.04 Å². The Labute approximate surface area is 160 Å². The van der Waals surface area contributed by atoms with Crippen LogP contribution in [0, 0.1) is 19.8 Å². The summed E-state index contributed by atoms with van der Waals surface area (Å²) in [6.45, 7) is 5.96. The first kappa shape index (κ1) is 17.8. The van der Waals surface area contributed by atoms with E-state index in [1.807, 2.05) is 27.8 Å². The Bertz CT molecular complexity index is 920. The molecule has 2 aliphatic carbocycles. The molecule has 0 radical (unpaired) electrons. The summed E-state index contributed by atoms with van der Waals surface area (Å²) in [5.41, 5.74) is 13.3. The van der Waals surface area contributed by atoms with Gasteiger partial charge in [0.2, 0.25) is 0 Å². The molecule has 27 heavy (non-hydrogen) atoms. The van der Waals surface area contributed by atoms with Crippen molar-refractivity contribution in [1.82, 2.24) is 10.1 Å². The van der Waals surface area contributed by atoms with Crippen LogP contribution >= 0.6 is 0 Å². The van der Waals surface area contributed by atoms with E-state index in [0.29, 0.717) is 5.92 Å². The molecule has 1 unspecified atom stereocenters. The van der Waals surface area contributed by atoms with Crippen LogP contribution in [0.2, 0.25) is 0 Å². The van der Waals surface area contributed by atoms with Crippen LogP contribution in [-0.2, 0) is 0 Å². The minimum Gasteiger partial charge on any atom is -0.404 e. The first-order valence-electron chi connectivity index (χ1n) is 9.51. The van der Waals surface area contributed by atoms with E-state index in [1.165, 1.54) is 29.9 Å². The SMILES string of the molecule is CN=C(C(C)=CN)C1=C2C(CC(c3c(C)noc3C)=C1)N=C(C1CC1)N2C. The Balaban J connectivity index is 1.89. The quantitative estimate of drug-likeness (QED) is 0.830. The minimum absolute atomic E-state index is 0.108. The molecule has 0 saturated heterocycles. The van der Waals surface area contributed by atoms with Gasteiger partial charge in [0.05, 0.1) is 23.1 Å². The van der Waals surface area contributed by atoms with Gasteiger partial charge in [-0.2, -0.15) is 0 Å². The number of fused-ring (bicyclic) bond motifs is 1. The first-order chi connectivity index (χ1) is 13.0. The molecule has 1 saturated carbocycles. The highest BCUT2D eigenvalue weighted by molar-refractivity contribution is 6.16. The van der Waals surface area contributed by atoms with Gasteiger partial charge in [0, 0.05) is 37.6 Å². The number of nitrogens with two attached hydrogens (primary N) is 1. The summed E-state index contributed by atoms with van der Waals surface area (Å²) in [5, 5.41) is 4.15. The normalized spacial score (nSPS) is 23.6. The molecule has 2 heterocycles. The van der Waals surface area contributed by atoms with E-state index in [4.69, 9.17) is 15.2 Å². The number of hydrogen-bond donors (Lipinski definition) is 1. The molecule has 1 aromatic rings. The highest BCUT2D eigenvalue weighted by Crippen LogP contribution is 2.43. The van der Waals surface area contributed by atoms with Crippen molar-refractivity contribution in [2.75, 3.05) is 14.1 Å². The molecule has 6 heteroatoms. The van der Waals surface area contributed by atoms with Crippen LogP contribution in [0.5, 0.6) is 0 Å². The molecule has 0 bridgehead atoms. The number of aromatic nitrogens is 1. The van der Waals surface area contributed by atoms with Crippen molar-refractivity contribution in [2.45, 2.75) is 46.1 Å². The van der Waals surface area contributed by atoms with Crippen molar-refractivity contribution in [2.24, 2.45) is 21.6 Å². The van der Waals surface area contributed by atoms with Crippen LogP contribution in [-0.4, -0.2) is 41.7 Å². The fraction of sp³-hybridized carbons (Fsp3) is 0.476. The van der Waals surface area contributed by atoms with Crippen LogP contribution in [0.25, 0.3) is 5.57 Å². The topological polar surface area (TPSA) is 80.0 Å². The average molecular weight is 365 g/mol. The predicted octanol–water partition coefficient (Wildman–Crippen LogP) is 3.39. The summed E-state index contributed by atoms with van der Waals surface area (Å²) in [4.78, 5) is 12.0. The number of likely N-dealkylation sites (N-methyl/N-ethyl adjacent to an activating group) is 1. The summed E-state index contributed by atoms with van der Waals surface area (Å²) in [6.07, 6.45) is 7.18. The summed E-state index contributed by atoms with van der Waals surface area (Å²) in [5.74, 6) is 2.66. The van der Waals surface area contributed by atoms with E-state index >= 15 is 0 Å². The number of nitrogens with zero attached hydrogens (tertiary/aromatic N) is 4. The van der Waals surface area contributed by atoms with Crippen molar-refractivity contribution < 1.29 is 4.52 Å². The monoisotopic (exact) mass is 365 g/mol. The summed E-state index contributed by atoms with van der Waals surface area (Å²) in [6, 6.07) is 0.108. The predicted molar refractivity (Wildman–Crippen MR) is 109 cm³/mol. The van der Waals surface area contributed by atoms with Crippen molar-refractivity contribution in [3.05, 3.63) is 46.1 Å². The Morgan fingerprint density at radius 1 is 1.37 bits per heavy atom. The van der Waals surface area contributed by atoms with Crippen LogP contribution in [0.1, 0.15) is 43.2 Å². The maximum Gasteiger partial charge on any atom is 0.141 e. The van der Waals surface area contributed by atoms with Gasteiger partial charge in [-0.25, -0.2) is 0 Å². The first-order valence-corrected chi connectivity index (χ1v) is 9.51. The zero-order valence-electron chi connectivity index (χ0n) is 16.7. The largest absolute Gasteiger partial charge is 0.404 e. The van der Waals surface area contributed by atoms with Gasteiger partial charge in [-0.3, -0.25) is 9.98 Å². The lowest BCUT2D eigenvalue weighted by atomic mass is 9.85. The fourth-order valence-corrected chi connectivity index (χ4v) is 4.29. The molecule has 0 amide bonds. The Hall–Kier alpha value is -2.63. The number of amidine groups is 1. The minimum atomic E-state index is 0.108. The van der Waals surface area contributed by atoms with Crippen LogP contribution < -0.4 is 5.73 Å². The second-order valence-corrected chi connectivity index (χ2v) is 7.63. The van der Waals surface area contributed by atoms with Crippen molar-refractivity contribution in [1.29, 1.82) is 0 Å². The van der Waals surface area contributed by atoms with Gasteiger partial charge in [0.25, 0.3) is 0 Å². The van der Waals surface area contributed by atoms with Gasteiger partial charge in [-0.15, -0.1) is 0 Å². The van der Waals surface area contributed by atoms with E-state index in [1.54, 1.807) is 6.20 Å². The smallest absolute Gasteiger partial charge is 0.141 e. The Morgan fingerprint density at radius 2 is 2.11 bits per heavy atom. The Kier molecular flexibility index (Phi) is 4.29. The molecular formula is C21H27N5O. The van der Waals surface area contributed by atoms with E-state index in [0.717, 1.165) is 40.3 Å². The molecule has 0 spiro atoms. The van der Waals surface area contributed by atoms with Gasteiger partial charge in [0.1, 0.15) is 11.6 Å². The molecule has 1 aliphatic heterocycles. The van der Waals surface area contributed by atoms with Crippen molar-refractivity contribution >= 4 is 17.1 Å².